The predicted molar refractivity (Wildman–Crippen MR) is 79.9 cm³/mol. The smallest absolute Gasteiger partial charge is 0.211 e. The minimum atomic E-state index is -3.10. The third kappa shape index (κ3) is 14.1. The Morgan fingerprint density at radius 1 is 0.895 bits per heavy atom. The van der Waals surface area contributed by atoms with Gasteiger partial charge >= 0.3 is 0 Å². The molecule has 0 fully saturated rings. The summed E-state index contributed by atoms with van der Waals surface area (Å²) in [6.45, 7) is 7.91. The molecule has 5 nitrogen and oxygen atoms in total. The van der Waals surface area contributed by atoms with E-state index >= 15 is 0 Å². The molecule has 0 aromatic heterocycles. The van der Waals surface area contributed by atoms with Gasteiger partial charge in [-0.15, -0.1) is 0 Å². The summed E-state index contributed by atoms with van der Waals surface area (Å²) >= 11 is 0. The number of ether oxygens (including phenoxy) is 1. The molecule has 0 saturated carbocycles. The van der Waals surface area contributed by atoms with Crippen molar-refractivity contribution in [1.82, 2.24) is 10.0 Å². The van der Waals surface area contributed by atoms with Crippen molar-refractivity contribution >= 4 is 10.0 Å². The monoisotopic (exact) mass is 294 g/mol. The topological polar surface area (TPSA) is 67.4 Å². The molecule has 0 amide bonds. The average molecular weight is 294 g/mol. The van der Waals surface area contributed by atoms with E-state index in [1.54, 1.807) is 0 Å². The normalized spacial score (nSPS) is 11.9. The van der Waals surface area contributed by atoms with Crippen molar-refractivity contribution in [3.8, 4) is 0 Å². The Hall–Kier alpha value is -0.170. The van der Waals surface area contributed by atoms with Crippen molar-refractivity contribution in [2.45, 2.75) is 46.0 Å². The molecule has 0 radical (unpaired) electrons. The Morgan fingerprint density at radius 2 is 1.68 bits per heavy atom. The van der Waals surface area contributed by atoms with E-state index in [4.69, 9.17) is 4.74 Å². The fraction of sp³-hybridized carbons (Fsp3) is 1.00. The van der Waals surface area contributed by atoms with Gasteiger partial charge in [0.15, 0.2) is 0 Å². The van der Waals surface area contributed by atoms with Crippen molar-refractivity contribution in [2.75, 3.05) is 38.6 Å². The molecule has 0 saturated heterocycles. The molecule has 0 aliphatic rings. The molecule has 0 aliphatic heterocycles. The number of rotatable bonds is 14. The van der Waals surface area contributed by atoms with Crippen LogP contribution in [0.1, 0.15) is 46.0 Å². The third-order valence-corrected chi connectivity index (χ3v) is 4.05. The highest BCUT2D eigenvalue weighted by Gasteiger charge is 2.08. The minimum Gasteiger partial charge on any atom is -0.381 e. The van der Waals surface area contributed by atoms with Gasteiger partial charge in [0.25, 0.3) is 0 Å². The molecule has 0 unspecified atom stereocenters. The molecule has 19 heavy (non-hydrogen) atoms. The Kier molecular flexibility index (Phi) is 12.7. The summed E-state index contributed by atoms with van der Waals surface area (Å²) in [4.78, 5) is 0. The molecule has 0 rings (SSSR count). The molecule has 0 aromatic carbocycles. The standard InChI is InChI=1S/C13H30N2O3S/c1-3-8-14-9-5-6-13-19(16,17)15-10-7-12-18-11-4-2/h14-15H,3-13H2,1-2H3. The second kappa shape index (κ2) is 12.8. The number of nitrogens with one attached hydrogen (secondary N) is 2. The summed E-state index contributed by atoms with van der Waals surface area (Å²) in [6, 6.07) is 0. The lowest BCUT2D eigenvalue weighted by molar-refractivity contribution is 0.133. The van der Waals surface area contributed by atoms with Gasteiger partial charge in [0.1, 0.15) is 0 Å². The van der Waals surface area contributed by atoms with Gasteiger partial charge in [-0.25, -0.2) is 13.1 Å². The SMILES string of the molecule is CCCNCCCCS(=O)(=O)NCCCOCCC. The lowest BCUT2D eigenvalue weighted by Gasteiger charge is -2.07. The highest BCUT2D eigenvalue weighted by atomic mass is 32.2. The Bertz CT molecular complexity index is 260. The van der Waals surface area contributed by atoms with E-state index in [1.165, 1.54) is 0 Å². The first-order valence-corrected chi connectivity index (χ1v) is 9.03. The summed E-state index contributed by atoms with van der Waals surface area (Å²) in [5.74, 6) is 0.219. The fourth-order valence-corrected chi connectivity index (χ4v) is 2.75. The van der Waals surface area contributed by atoms with Crippen molar-refractivity contribution in [3.05, 3.63) is 0 Å². The van der Waals surface area contributed by atoms with Gasteiger partial charge in [0, 0.05) is 19.8 Å². The van der Waals surface area contributed by atoms with Crippen LogP contribution in [0.25, 0.3) is 0 Å². The molecular formula is C13H30N2O3S. The first-order chi connectivity index (χ1) is 9.12. The highest BCUT2D eigenvalue weighted by molar-refractivity contribution is 7.89. The van der Waals surface area contributed by atoms with Crippen LogP contribution in [0.3, 0.4) is 0 Å². The van der Waals surface area contributed by atoms with Gasteiger partial charge in [-0.1, -0.05) is 13.8 Å². The van der Waals surface area contributed by atoms with Crippen LogP contribution in [-0.4, -0.2) is 47.0 Å². The summed E-state index contributed by atoms with van der Waals surface area (Å²) < 4.78 is 31.2. The number of hydrogen-bond acceptors (Lipinski definition) is 4. The molecule has 0 aromatic rings. The van der Waals surface area contributed by atoms with Gasteiger partial charge in [0.05, 0.1) is 5.75 Å². The fourth-order valence-electron chi connectivity index (χ4n) is 1.56. The van der Waals surface area contributed by atoms with Crippen molar-refractivity contribution < 1.29 is 13.2 Å². The minimum absolute atomic E-state index is 0.219. The Morgan fingerprint density at radius 3 is 2.37 bits per heavy atom. The number of unbranched alkanes of at least 4 members (excludes halogenated alkanes) is 1. The van der Waals surface area contributed by atoms with Gasteiger partial charge in [-0.2, -0.15) is 0 Å². The molecule has 0 bridgehead atoms. The molecular weight excluding hydrogens is 264 g/mol. The van der Waals surface area contributed by atoms with E-state index < -0.39 is 10.0 Å². The zero-order valence-corrected chi connectivity index (χ0v) is 13.2. The number of sulfonamides is 1. The van der Waals surface area contributed by atoms with E-state index in [0.717, 1.165) is 45.4 Å². The van der Waals surface area contributed by atoms with E-state index in [1.807, 2.05) is 0 Å². The maximum absolute atomic E-state index is 11.6. The maximum Gasteiger partial charge on any atom is 0.211 e. The lowest BCUT2D eigenvalue weighted by Crippen LogP contribution is -2.28. The molecule has 2 N–H and O–H groups in total. The average Bonchev–Trinajstić information content (AvgIpc) is 2.38. The van der Waals surface area contributed by atoms with E-state index in [2.05, 4.69) is 23.9 Å². The summed E-state index contributed by atoms with van der Waals surface area (Å²) in [5.41, 5.74) is 0. The van der Waals surface area contributed by atoms with E-state index in [0.29, 0.717) is 19.6 Å². The van der Waals surface area contributed by atoms with E-state index in [-0.39, 0.29) is 5.75 Å². The molecule has 116 valence electrons. The van der Waals surface area contributed by atoms with Crippen LogP contribution < -0.4 is 10.0 Å². The predicted octanol–water partition coefficient (Wildman–Crippen LogP) is 1.50. The molecule has 0 atom stereocenters. The first kappa shape index (κ1) is 18.8. The first-order valence-electron chi connectivity index (χ1n) is 7.38. The van der Waals surface area contributed by atoms with Crippen LogP contribution >= 0.6 is 0 Å². The molecule has 0 aliphatic carbocycles. The third-order valence-electron chi connectivity index (χ3n) is 2.58. The summed E-state index contributed by atoms with van der Waals surface area (Å²) in [5, 5.41) is 3.26. The second-order valence-electron chi connectivity index (χ2n) is 4.64. The lowest BCUT2D eigenvalue weighted by atomic mass is 10.3. The zero-order valence-electron chi connectivity index (χ0n) is 12.4. The van der Waals surface area contributed by atoms with Gasteiger partial charge in [0.2, 0.25) is 10.0 Å². The van der Waals surface area contributed by atoms with Gasteiger partial charge in [-0.3, -0.25) is 0 Å². The zero-order chi connectivity index (χ0) is 14.4. The Labute approximate surface area is 118 Å². The molecule has 0 spiro atoms. The van der Waals surface area contributed by atoms with Crippen LogP contribution in [-0.2, 0) is 14.8 Å². The highest BCUT2D eigenvalue weighted by Crippen LogP contribution is 1.94. The van der Waals surface area contributed by atoms with Crippen LogP contribution in [0.5, 0.6) is 0 Å². The summed E-state index contributed by atoms with van der Waals surface area (Å²) in [7, 11) is -3.10. The van der Waals surface area contributed by atoms with Gasteiger partial charge in [-0.05, 0) is 45.2 Å². The maximum atomic E-state index is 11.6. The van der Waals surface area contributed by atoms with Crippen LogP contribution in [0.4, 0.5) is 0 Å². The van der Waals surface area contributed by atoms with Crippen LogP contribution in [0, 0.1) is 0 Å². The Balaban J connectivity index is 3.42. The van der Waals surface area contributed by atoms with Crippen molar-refractivity contribution in [1.29, 1.82) is 0 Å². The molecule has 6 heteroatoms. The summed E-state index contributed by atoms with van der Waals surface area (Å²) in [6.07, 6.45) is 4.45. The quantitative estimate of drug-likeness (QED) is 0.477. The van der Waals surface area contributed by atoms with Crippen molar-refractivity contribution in [2.24, 2.45) is 0 Å². The van der Waals surface area contributed by atoms with Crippen LogP contribution in [0.2, 0.25) is 0 Å². The molecule has 0 heterocycles. The largest absolute Gasteiger partial charge is 0.381 e. The van der Waals surface area contributed by atoms with E-state index in [9.17, 15) is 8.42 Å². The second-order valence-corrected chi connectivity index (χ2v) is 6.56. The van der Waals surface area contributed by atoms with Gasteiger partial charge < -0.3 is 10.1 Å². The van der Waals surface area contributed by atoms with Crippen molar-refractivity contribution in [3.63, 3.8) is 0 Å². The number of hydrogen-bond donors (Lipinski definition) is 2. The van der Waals surface area contributed by atoms with Crippen LogP contribution in [0.15, 0.2) is 0 Å².